The van der Waals surface area contributed by atoms with E-state index >= 15 is 0 Å². The van der Waals surface area contributed by atoms with Crippen molar-refractivity contribution in [1.82, 2.24) is 20.3 Å². The SMILES string of the molecule is COc1ccc2[nH]c(C)c(CC(=O)N[C@@H](CCCCNc3cccc[n+]3[O-])c3ncc(-c4ccc5ccccc5c4)[nH]3)c2c1.O=C(O)C(F)(F)F.O=C(O)C(F)(F)F. The van der Waals surface area contributed by atoms with Crippen LogP contribution in [0.1, 0.15) is 42.4 Å². The van der Waals surface area contributed by atoms with E-state index in [1.165, 1.54) is 11.6 Å². The van der Waals surface area contributed by atoms with Crippen LogP contribution in [0.3, 0.4) is 0 Å². The van der Waals surface area contributed by atoms with Crippen molar-refractivity contribution in [2.75, 3.05) is 19.0 Å². The number of rotatable bonds is 12. The number of hydrogen-bond acceptors (Lipinski definition) is 7. The van der Waals surface area contributed by atoms with Gasteiger partial charge in [-0.3, -0.25) is 10.1 Å². The van der Waals surface area contributed by atoms with E-state index in [9.17, 15) is 36.3 Å². The summed E-state index contributed by atoms with van der Waals surface area (Å²) in [4.78, 5) is 42.9. The molecule has 0 saturated carbocycles. The van der Waals surface area contributed by atoms with Crippen LogP contribution in [-0.4, -0.2) is 69.0 Å². The Balaban J connectivity index is 0.000000456. The molecular formula is C39H38F6N6O7. The molecule has 0 bridgehead atoms. The Labute approximate surface area is 326 Å². The van der Waals surface area contributed by atoms with Gasteiger partial charge in [-0.25, -0.2) is 19.3 Å². The van der Waals surface area contributed by atoms with Crippen molar-refractivity contribution >= 4 is 45.3 Å². The molecule has 3 aromatic heterocycles. The molecule has 0 unspecified atom stereocenters. The summed E-state index contributed by atoms with van der Waals surface area (Å²) in [5.41, 5.74) is 4.81. The first-order valence-corrected chi connectivity index (χ1v) is 17.4. The number of benzene rings is 3. The molecule has 6 aromatic rings. The summed E-state index contributed by atoms with van der Waals surface area (Å²) < 4.78 is 69.7. The highest BCUT2D eigenvalue weighted by atomic mass is 19.4. The summed E-state index contributed by atoms with van der Waals surface area (Å²) in [6, 6.07) is 25.4. The van der Waals surface area contributed by atoms with Gasteiger partial charge in [0.05, 0.1) is 44.2 Å². The number of unbranched alkanes of at least 4 members (excludes halogenated alkanes) is 1. The number of carbonyl (C=O) groups is 3. The number of carbonyl (C=O) groups excluding carboxylic acids is 1. The van der Waals surface area contributed by atoms with E-state index in [0.29, 0.717) is 24.6 Å². The molecule has 1 atom stereocenters. The summed E-state index contributed by atoms with van der Waals surface area (Å²) in [5, 5.41) is 36.0. The van der Waals surface area contributed by atoms with Gasteiger partial charge in [0.1, 0.15) is 11.6 Å². The lowest BCUT2D eigenvalue weighted by Crippen LogP contribution is -2.31. The third-order valence-electron chi connectivity index (χ3n) is 8.52. The molecule has 0 aliphatic rings. The van der Waals surface area contributed by atoms with E-state index in [2.05, 4.69) is 50.9 Å². The molecule has 308 valence electrons. The molecule has 3 aromatic carbocycles. The molecule has 0 radical (unpaired) electrons. The Bertz CT molecular complexity index is 2320. The number of alkyl halides is 6. The number of H-pyrrole nitrogens is 2. The fourth-order valence-electron chi connectivity index (χ4n) is 5.67. The van der Waals surface area contributed by atoms with Crippen molar-refractivity contribution in [3.05, 3.63) is 114 Å². The monoisotopic (exact) mass is 816 g/mol. The van der Waals surface area contributed by atoms with E-state index < -0.39 is 24.3 Å². The number of methoxy groups -OCH3 is 1. The number of hydrogen-bond donors (Lipinski definition) is 6. The smallest absolute Gasteiger partial charge is 0.490 e. The summed E-state index contributed by atoms with van der Waals surface area (Å²) in [6.07, 6.45) is -4.31. The van der Waals surface area contributed by atoms with Crippen LogP contribution in [-0.2, 0) is 20.8 Å². The molecule has 1 amide bonds. The van der Waals surface area contributed by atoms with Gasteiger partial charge in [-0.2, -0.15) is 26.3 Å². The number of ether oxygens (including phenoxy) is 1. The summed E-state index contributed by atoms with van der Waals surface area (Å²) in [7, 11) is 1.64. The Morgan fingerprint density at radius 2 is 1.53 bits per heavy atom. The molecule has 6 rings (SSSR count). The van der Waals surface area contributed by atoms with Crippen LogP contribution in [0.2, 0.25) is 0 Å². The number of nitrogens with zero attached hydrogens (tertiary/aromatic N) is 2. The molecule has 58 heavy (non-hydrogen) atoms. The van der Waals surface area contributed by atoms with Crippen LogP contribution in [0.25, 0.3) is 32.9 Å². The Morgan fingerprint density at radius 3 is 2.17 bits per heavy atom. The highest BCUT2D eigenvalue weighted by Gasteiger charge is 2.39. The van der Waals surface area contributed by atoms with Gasteiger partial charge in [0.15, 0.2) is 0 Å². The largest absolute Gasteiger partial charge is 0.711 e. The molecule has 0 saturated heterocycles. The number of anilines is 1. The first-order chi connectivity index (χ1) is 27.4. The van der Waals surface area contributed by atoms with Crippen molar-refractivity contribution in [3.8, 4) is 17.0 Å². The van der Waals surface area contributed by atoms with Gasteiger partial charge >= 0.3 is 24.3 Å². The average Bonchev–Trinajstić information content (AvgIpc) is 3.79. The first kappa shape index (κ1) is 43.9. The quantitative estimate of drug-likeness (QED) is 0.0312. The minimum Gasteiger partial charge on any atom is -0.711 e. The van der Waals surface area contributed by atoms with Gasteiger partial charge < -0.3 is 35.4 Å². The maximum absolute atomic E-state index is 13.5. The zero-order chi connectivity index (χ0) is 42.6. The summed E-state index contributed by atoms with van der Waals surface area (Å²) in [5.74, 6) is -3.61. The fraction of sp³-hybridized carbons (Fsp3) is 0.256. The highest BCUT2D eigenvalue weighted by molar-refractivity contribution is 5.91. The molecule has 0 spiro atoms. The second kappa shape index (κ2) is 19.4. The van der Waals surface area contributed by atoms with Crippen molar-refractivity contribution in [2.45, 2.75) is 51.0 Å². The lowest BCUT2D eigenvalue weighted by Gasteiger charge is -2.17. The molecule has 3 heterocycles. The Kier molecular flexibility index (Phi) is 14.7. The summed E-state index contributed by atoms with van der Waals surface area (Å²) in [6.45, 7) is 2.63. The van der Waals surface area contributed by atoms with E-state index in [1.807, 2.05) is 49.5 Å². The standard InChI is InChI=1S/C35H36N6O3.2C2HF3O2/c1-23-28(29-20-27(44-2)15-16-30(29)38-23)21-34(42)39-31(11-5-7-17-36-33-12-6-8-18-41(33)43)35-37-22-32(40-35)26-14-13-24-9-3-4-10-25(24)19-26;2*3-2(4,5)1(6)7/h3-4,6,8-10,12-16,18-20,22,31,36,38H,5,7,11,17,21H2,1-2H3,(H,37,40)(H,39,42);2*(H,6,7)/t31-;;/m0../s1. The van der Waals surface area contributed by atoms with Crippen molar-refractivity contribution in [3.63, 3.8) is 0 Å². The minimum absolute atomic E-state index is 0.0831. The third-order valence-corrected chi connectivity index (χ3v) is 8.52. The topological polar surface area (TPSA) is 196 Å². The van der Waals surface area contributed by atoms with Gasteiger partial charge in [0, 0.05) is 28.2 Å². The second-order valence-electron chi connectivity index (χ2n) is 12.6. The van der Waals surface area contributed by atoms with E-state index in [0.717, 1.165) is 62.1 Å². The number of halogens is 6. The number of imidazole rings is 1. The third kappa shape index (κ3) is 12.4. The first-order valence-electron chi connectivity index (χ1n) is 17.4. The van der Waals surface area contributed by atoms with Gasteiger partial charge in [0.25, 0.3) is 5.82 Å². The number of carboxylic acids is 2. The average molecular weight is 817 g/mol. The van der Waals surface area contributed by atoms with Crippen LogP contribution in [0.5, 0.6) is 5.75 Å². The maximum atomic E-state index is 13.5. The van der Waals surface area contributed by atoms with E-state index in [1.54, 1.807) is 19.2 Å². The highest BCUT2D eigenvalue weighted by Crippen LogP contribution is 2.29. The predicted molar refractivity (Wildman–Crippen MR) is 201 cm³/mol. The van der Waals surface area contributed by atoms with Gasteiger partial charge in [-0.1, -0.05) is 42.5 Å². The number of fused-ring (bicyclic) bond motifs is 2. The molecule has 0 aliphatic carbocycles. The van der Waals surface area contributed by atoms with E-state index in [4.69, 9.17) is 29.5 Å². The molecule has 0 fully saturated rings. The van der Waals surface area contributed by atoms with E-state index in [-0.39, 0.29) is 18.4 Å². The Hall–Kier alpha value is -6.79. The minimum atomic E-state index is -5.08. The molecule has 13 nitrogen and oxygen atoms in total. The van der Waals surface area contributed by atoms with Crippen molar-refractivity contribution in [1.29, 1.82) is 0 Å². The van der Waals surface area contributed by atoms with Crippen molar-refractivity contribution in [2.24, 2.45) is 0 Å². The number of aliphatic carboxylic acids is 2. The lowest BCUT2D eigenvalue weighted by atomic mass is 10.0. The Morgan fingerprint density at radius 1 is 0.879 bits per heavy atom. The molecule has 19 heteroatoms. The fourth-order valence-corrected chi connectivity index (χ4v) is 5.67. The van der Waals surface area contributed by atoms with Gasteiger partial charge in [-0.05, 0) is 72.9 Å². The number of aryl methyl sites for hydroxylation is 1. The van der Waals surface area contributed by atoms with Crippen LogP contribution in [0.4, 0.5) is 32.2 Å². The number of aromatic amines is 2. The zero-order valence-electron chi connectivity index (χ0n) is 30.9. The number of carboxylic acid groups (broad SMARTS) is 2. The molecule has 0 aliphatic heterocycles. The second-order valence-corrected chi connectivity index (χ2v) is 12.6. The summed E-state index contributed by atoms with van der Waals surface area (Å²) >= 11 is 0. The molecule has 6 N–H and O–H groups in total. The van der Waals surface area contributed by atoms with Gasteiger partial charge in [-0.15, -0.1) is 0 Å². The van der Waals surface area contributed by atoms with Crippen LogP contribution in [0, 0.1) is 12.1 Å². The number of nitrogens with one attached hydrogen (secondary N) is 4. The number of pyridine rings is 1. The number of aromatic nitrogens is 4. The van der Waals surface area contributed by atoms with Crippen molar-refractivity contribution < 1.29 is 60.4 Å². The molecular weight excluding hydrogens is 778 g/mol. The zero-order valence-corrected chi connectivity index (χ0v) is 30.9. The number of amides is 1. The van der Waals surface area contributed by atoms with Crippen LogP contribution < -0.4 is 20.1 Å². The van der Waals surface area contributed by atoms with Crippen LogP contribution >= 0.6 is 0 Å². The lowest BCUT2D eigenvalue weighted by molar-refractivity contribution is -0.590. The predicted octanol–water partition coefficient (Wildman–Crippen LogP) is 7.61. The van der Waals surface area contributed by atoms with Crippen LogP contribution in [0.15, 0.2) is 91.3 Å². The normalized spacial score (nSPS) is 11.8. The maximum Gasteiger partial charge on any atom is 0.490 e. The van der Waals surface area contributed by atoms with Gasteiger partial charge in [0.2, 0.25) is 5.91 Å².